The number of carbonyl (C=O) groups excluding carboxylic acids is 1. The predicted molar refractivity (Wildman–Crippen MR) is 119 cm³/mol. The van der Waals surface area contributed by atoms with E-state index in [4.69, 9.17) is 17.0 Å². The van der Waals surface area contributed by atoms with Gasteiger partial charge in [-0.15, -0.1) is 6.58 Å². The summed E-state index contributed by atoms with van der Waals surface area (Å²) in [7, 11) is 0. The summed E-state index contributed by atoms with van der Waals surface area (Å²) < 4.78 is 7.57. The molecule has 1 atom stereocenters. The number of nitrogens with zero attached hydrogens (tertiary/aromatic N) is 3. The molecule has 2 aromatic heterocycles. The molecule has 1 amide bonds. The van der Waals surface area contributed by atoms with Gasteiger partial charge in [-0.1, -0.05) is 36.1 Å². The molecule has 0 aromatic carbocycles. The maximum atomic E-state index is 13.2. The van der Waals surface area contributed by atoms with Crippen LogP contribution in [0.2, 0.25) is 0 Å². The van der Waals surface area contributed by atoms with Crippen molar-refractivity contribution in [1.29, 1.82) is 0 Å². The Kier molecular flexibility index (Phi) is 5.79. The molecule has 0 spiro atoms. The summed E-state index contributed by atoms with van der Waals surface area (Å²) in [5.74, 6) is 0.202. The van der Waals surface area contributed by atoms with Crippen LogP contribution in [0.25, 0.3) is 11.7 Å². The normalized spacial score (nSPS) is 20.8. The maximum Gasteiger partial charge on any atom is 0.267 e. The van der Waals surface area contributed by atoms with E-state index in [0.29, 0.717) is 39.3 Å². The van der Waals surface area contributed by atoms with E-state index < -0.39 is 0 Å². The average Bonchev–Trinajstić information content (AvgIpc) is 3.33. The Morgan fingerprint density at radius 2 is 2.28 bits per heavy atom. The molecule has 0 aliphatic carbocycles. The van der Waals surface area contributed by atoms with Gasteiger partial charge in [0.2, 0.25) is 0 Å². The van der Waals surface area contributed by atoms with E-state index in [2.05, 4.69) is 16.9 Å². The van der Waals surface area contributed by atoms with Crippen LogP contribution in [0.1, 0.15) is 18.4 Å². The van der Waals surface area contributed by atoms with E-state index in [9.17, 15) is 9.59 Å². The smallest absolute Gasteiger partial charge is 0.267 e. The zero-order chi connectivity index (χ0) is 20.4. The first-order valence-corrected chi connectivity index (χ1v) is 10.5. The number of anilines is 1. The summed E-state index contributed by atoms with van der Waals surface area (Å²) in [4.78, 5) is 32.3. The van der Waals surface area contributed by atoms with Gasteiger partial charge in [0.05, 0.1) is 16.6 Å². The quantitative estimate of drug-likeness (QED) is 0.431. The van der Waals surface area contributed by atoms with Crippen molar-refractivity contribution in [2.45, 2.75) is 18.9 Å². The Balaban J connectivity index is 1.75. The van der Waals surface area contributed by atoms with Gasteiger partial charge in [-0.3, -0.25) is 18.9 Å². The topological polar surface area (TPSA) is 75.9 Å². The second kappa shape index (κ2) is 8.48. The third-order valence-corrected chi connectivity index (χ3v) is 6.13. The summed E-state index contributed by atoms with van der Waals surface area (Å²) in [5, 5.41) is 3.25. The largest absolute Gasteiger partial charge is 0.376 e. The number of ether oxygens (including phenoxy) is 1. The number of rotatable bonds is 6. The number of thioether (sulfide) groups is 1. The molecule has 9 heteroatoms. The second-order valence-corrected chi connectivity index (χ2v) is 8.38. The molecule has 150 valence electrons. The minimum atomic E-state index is -0.251. The minimum absolute atomic E-state index is 0.0877. The molecule has 1 N–H and O–H groups in total. The third kappa shape index (κ3) is 3.98. The molecule has 7 nitrogen and oxygen atoms in total. The lowest BCUT2D eigenvalue weighted by molar-refractivity contribution is -0.121. The van der Waals surface area contributed by atoms with Crippen molar-refractivity contribution in [1.82, 2.24) is 14.3 Å². The molecule has 2 aromatic rings. The molecule has 0 bridgehead atoms. The SMILES string of the molecule is C=CCN1C(=O)/C(=C\c2c(NC[C@@H]3CCCO3)nc3ccccn3c2=O)SC1=S. The molecule has 29 heavy (non-hydrogen) atoms. The summed E-state index contributed by atoms with van der Waals surface area (Å²) >= 11 is 6.47. The van der Waals surface area contributed by atoms with Crippen LogP contribution in [-0.4, -0.2) is 50.3 Å². The fourth-order valence-electron chi connectivity index (χ4n) is 3.30. The van der Waals surface area contributed by atoms with Crippen LogP contribution in [0, 0.1) is 0 Å². The van der Waals surface area contributed by atoms with Crippen molar-refractivity contribution in [3.8, 4) is 0 Å². The van der Waals surface area contributed by atoms with Gasteiger partial charge in [0.1, 0.15) is 15.8 Å². The number of thiocarbonyl (C=S) groups is 1. The molecular weight excluding hydrogens is 408 g/mol. The van der Waals surface area contributed by atoms with E-state index in [-0.39, 0.29) is 17.6 Å². The average molecular weight is 429 g/mol. The van der Waals surface area contributed by atoms with E-state index in [1.54, 1.807) is 30.5 Å². The number of carbonyl (C=O) groups is 1. The molecule has 0 radical (unpaired) electrons. The minimum Gasteiger partial charge on any atom is -0.376 e. The van der Waals surface area contributed by atoms with Crippen molar-refractivity contribution in [2.24, 2.45) is 0 Å². The van der Waals surface area contributed by atoms with Gasteiger partial charge in [-0.2, -0.15) is 0 Å². The first-order valence-electron chi connectivity index (χ1n) is 9.31. The van der Waals surface area contributed by atoms with Crippen molar-refractivity contribution in [3.05, 3.63) is 57.9 Å². The summed E-state index contributed by atoms with van der Waals surface area (Å²) in [6.45, 7) is 5.29. The van der Waals surface area contributed by atoms with Crippen LogP contribution < -0.4 is 10.9 Å². The monoisotopic (exact) mass is 428 g/mol. The molecule has 2 aliphatic rings. The number of fused-ring (bicyclic) bond motifs is 1. The van der Waals surface area contributed by atoms with Crippen molar-refractivity contribution < 1.29 is 9.53 Å². The van der Waals surface area contributed by atoms with Crippen LogP contribution in [0.3, 0.4) is 0 Å². The van der Waals surface area contributed by atoms with E-state index in [1.165, 1.54) is 21.1 Å². The Bertz CT molecular complexity index is 1070. The zero-order valence-electron chi connectivity index (χ0n) is 15.7. The van der Waals surface area contributed by atoms with Crippen molar-refractivity contribution in [2.75, 3.05) is 25.0 Å². The zero-order valence-corrected chi connectivity index (χ0v) is 17.3. The molecule has 2 fully saturated rings. The van der Waals surface area contributed by atoms with E-state index >= 15 is 0 Å². The highest BCUT2D eigenvalue weighted by Crippen LogP contribution is 2.33. The molecule has 0 saturated carbocycles. The number of pyridine rings is 1. The fourth-order valence-corrected chi connectivity index (χ4v) is 4.56. The molecular formula is C20H20N4O3S2. The van der Waals surface area contributed by atoms with Crippen LogP contribution >= 0.6 is 24.0 Å². The number of nitrogens with one attached hydrogen (secondary N) is 1. The Morgan fingerprint density at radius 1 is 1.41 bits per heavy atom. The molecule has 4 rings (SSSR count). The molecule has 4 heterocycles. The second-order valence-electron chi connectivity index (χ2n) is 6.70. The highest BCUT2D eigenvalue weighted by Gasteiger charge is 2.31. The number of hydrogen-bond acceptors (Lipinski definition) is 7. The number of aromatic nitrogens is 2. The van der Waals surface area contributed by atoms with Gasteiger partial charge in [-0.05, 0) is 31.1 Å². The summed E-state index contributed by atoms with van der Waals surface area (Å²) in [5.41, 5.74) is 0.605. The summed E-state index contributed by atoms with van der Waals surface area (Å²) in [6.07, 6.45) is 6.94. The first-order chi connectivity index (χ1) is 14.1. The van der Waals surface area contributed by atoms with Gasteiger partial charge in [0, 0.05) is 25.9 Å². The van der Waals surface area contributed by atoms with Crippen LogP contribution in [0.4, 0.5) is 5.82 Å². The number of amides is 1. The Labute approximate surface area is 177 Å². The van der Waals surface area contributed by atoms with Gasteiger partial charge in [0.15, 0.2) is 0 Å². The molecule has 2 saturated heterocycles. The Morgan fingerprint density at radius 3 is 3.03 bits per heavy atom. The van der Waals surface area contributed by atoms with Crippen LogP contribution in [0.5, 0.6) is 0 Å². The summed E-state index contributed by atoms with van der Waals surface area (Å²) in [6, 6.07) is 5.36. The van der Waals surface area contributed by atoms with Gasteiger partial charge in [-0.25, -0.2) is 4.98 Å². The van der Waals surface area contributed by atoms with Crippen molar-refractivity contribution >= 4 is 51.7 Å². The predicted octanol–water partition coefficient (Wildman–Crippen LogP) is 2.67. The molecule has 2 aliphatic heterocycles. The van der Waals surface area contributed by atoms with Gasteiger partial charge >= 0.3 is 0 Å². The maximum absolute atomic E-state index is 13.2. The highest BCUT2D eigenvalue weighted by atomic mass is 32.2. The third-order valence-electron chi connectivity index (χ3n) is 4.75. The fraction of sp³-hybridized carbons (Fsp3) is 0.300. The highest BCUT2D eigenvalue weighted by molar-refractivity contribution is 8.26. The number of hydrogen-bond donors (Lipinski definition) is 1. The lowest BCUT2D eigenvalue weighted by Crippen LogP contribution is -2.28. The Hall–Kier alpha value is -2.49. The molecule has 0 unspecified atom stereocenters. The lowest BCUT2D eigenvalue weighted by Gasteiger charge is -2.14. The van der Waals surface area contributed by atoms with E-state index in [0.717, 1.165) is 19.4 Å². The lowest BCUT2D eigenvalue weighted by atomic mass is 10.2. The van der Waals surface area contributed by atoms with Crippen LogP contribution in [-0.2, 0) is 9.53 Å². The standard InChI is InChI=1S/C20H20N4O3S2/c1-2-8-24-19(26)15(29-20(24)28)11-14-17(21-12-13-6-5-10-27-13)22-16-7-3-4-9-23(16)18(14)25/h2-4,7,9,11,13,21H,1,5-6,8,10,12H2/b15-11+/t13-/m0/s1. The van der Waals surface area contributed by atoms with Gasteiger partial charge < -0.3 is 10.1 Å². The van der Waals surface area contributed by atoms with Crippen molar-refractivity contribution in [3.63, 3.8) is 0 Å². The first kappa shape index (κ1) is 19.8. The van der Waals surface area contributed by atoms with E-state index in [1.807, 2.05) is 6.07 Å². The van der Waals surface area contributed by atoms with Crippen LogP contribution in [0.15, 0.2) is 46.8 Å². The van der Waals surface area contributed by atoms with Gasteiger partial charge in [0.25, 0.3) is 11.5 Å².